The number of benzene rings is 2. The van der Waals surface area contributed by atoms with E-state index >= 15 is 0 Å². The zero-order valence-electron chi connectivity index (χ0n) is 13.0. The Labute approximate surface area is 137 Å². The van der Waals surface area contributed by atoms with Crippen LogP contribution in [0.5, 0.6) is 0 Å². The lowest BCUT2D eigenvalue weighted by molar-refractivity contribution is 0.764. The average Bonchev–Trinajstić information content (AvgIpc) is 3.04. The van der Waals surface area contributed by atoms with Crippen LogP contribution in [0.3, 0.4) is 0 Å². The van der Waals surface area contributed by atoms with Crippen LogP contribution in [-0.4, -0.2) is 9.55 Å². The summed E-state index contributed by atoms with van der Waals surface area (Å²) in [6.07, 6.45) is 13.3. The minimum atomic E-state index is 0.834. The van der Waals surface area contributed by atoms with Crippen molar-refractivity contribution in [2.45, 2.75) is 13.0 Å². The van der Waals surface area contributed by atoms with E-state index in [4.69, 9.17) is 0 Å². The highest BCUT2D eigenvalue weighted by molar-refractivity contribution is 5.49. The first-order chi connectivity index (χ1) is 11.4. The number of rotatable bonds is 6. The van der Waals surface area contributed by atoms with E-state index < -0.39 is 0 Å². The van der Waals surface area contributed by atoms with Crippen molar-refractivity contribution in [3.8, 4) is 0 Å². The summed E-state index contributed by atoms with van der Waals surface area (Å²) in [4.78, 5) is 4.45. The molecule has 0 aliphatic heterocycles. The van der Waals surface area contributed by atoms with Gasteiger partial charge in [0.05, 0.1) is 0 Å². The molecule has 3 rings (SSSR count). The molecule has 23 heavy (non-hydrogen) atoms. The summed E-state index contributed by atoms with van der Waals surface area (Å²) in [5.74, 6) is 1.08. The molecule has 0 unspecified atom stereocenters. The molecule has 1 aromatic heterocycles. The first kappa shape index (κ1) is 15.0. The quantitative estimate of drug-likeness (QED) is 0.636. The number of aromatic nitrogens is 2. The van der Waals surface area contributed by atoms with Crippen LogP contribution in [0.25, 0.3) is 12.2 Å². The fraction of sp³-hybridized carbons (Fsp3) is 0.0952. The molecule has 1 heterocycles. The Morgan fingerprint density at radius 3 is 2.04 bits per heavy atom. The normalized spacial score (nSPS) is 11.5. The molecule has 0 amide bonds. The molecular weight excluding hydrogens is 280 g/mol. The zero-order valence-corrected chi connectivity index (χ0v) is 13.0. The summed E-state index contributed by atoms with van der Waals surface area (Å²) >= 11 is 0. The van der Waals surface area contributed by atoms with Gasteiger partial charge in [0.2, 0.25) is 0 Å². The van der Waals surface area contributed by atoms with Crippen LogP contribution in [0, 0.1) is 0 Å². The van der Waals surface area contributed by atoms with Crippen LogP contribution >= 0.6 is 0 Å². The summed E-state index contributed by atoms with van der Waals surface area (Å²) < 4.78 is 2.18. The van der Waals surface area contributed by atoms with Crippen LogP contribution in [0.1, 0.15) is 17.0 Å². The van der Waals surface area contributed by atoms with E-state index in [9.17, 15) is 0 Å². The summed E-state index contributed by atoms with van der Waals surface area (Å²) in [5.41, 5.74) is 2.44. The van der Waals surface area contributed by atoms with Gasteiger partial charge in [-0.25, -0.2) is 4.98 Å². The van der Waals surface area contributed by atoms with Crippen LogP contribution in [0.4, 0.5) is 0 Å². The van der Waals surface area contributed by atoms with E-state index in [0.29, 0.717) is 0 Å². The van der Waals surface area contributed by atoms with Crippen LogP contribution in [0.2, 0.25) is 0 Å². The molecule has 0 saturated heterocycles. The fourth-order valence-corrected chi connectivity index (χ4v) is 2.43. The molecule has 0 spiro atoms. The smallest absolute Gasteiger partial charge is 0.112 e. The second kappa shape index (κ2) is 7.95. The van der Waals surface area contributed by atoms with Crippen molar-refractivity contribution < 1.29 is 0 Å². The minimum Gasteiger partial charge on any atom is -0.331 e. The van der Waals surface area contributed by atoms with Gasteiger partial charge in [-0.05, 0) is 11.1 Å². The molecular formula is C21H20N2. The Kier molecular flexibility index (Phi) is 5.20. The average molecular weight is 300 g/mol. The van der Waals surface area contributed by atoms with Crippen molar-refractivity contribution in [3.05, 3.63) is 102 Å². The maximum Gasteiger partial charge on any atom is 0.112 e. The van der Waals surface area contributed by atoms with Gasteiger partial charge in [-0.3, -0.25) is 0 Å². The van der Waals surface area contributed by atoms with Crippen LogP contribution in [0.15, 0.2) is 85.2 Å². The summed E-state index contributed by atoms with van der Waals surface area (Å²) in [6, 6.07) is 20.7. The lowest BCUT2D eigenvalue weighted by atomic mass is 10.2. The highest BCUT2D eigenvalue weighted by atomic mass is 15.0. The van der Waals surface area contributed by atoms with Gasteiger partial charge in [0.25, 0.3) is 0 Å². The molecule has 2 heteroatoms. The Morgan fingerprint density at radius 2 is 1.39 bits per heavy atom. The van der Waals surface area contributed by atoms with E-state index in [0.717, 1.165) is 18.8 Å². The third-order valence-corrected chi connectivity index (χ3v) is 3.62. The van der Waals surface area contributed by atoms with E-state index in [2.05, 4.69) is 82.4 Å². The van der Waals surface area contributed by atoms with E-state index in [1.54, 1.807) is 0 Å². The number of hydrogen-bond acceptors (Lipinski definition) is 1. The predicted octanol–water partition coefficient (Wildman–Crippen LogP) is 4.85. The maximum atomic E-state index is 4.45. The Hall–Kier alpha value is -2.87. The molecule has 0 bridgehead atoms. The number of allylic oxidation sites excluding steroid dienone is 2. The van der Waals surface area contributed by atoms with Crippen molar-refractivity contribution in [3.63, 3.8) is 0 Å². The molecule has 3 aromatic rings. The van der Waals surface area contributed by atoms with Crippen LogP contribution in [-0.2, 0) is 13.0 Å². The van der Waals surface area contributed by atoms with Gasteiger partial charge in [-0.15, -0.1) is 0 Å². The lowest BCUT2D eigenvalue weighted by Crippen LogP contribution is -2.00. The largest absolute Gasteiger partial charge is 0.331 e. The Bertz CT molecular complexity index is 702. The summed E-state index contributed by atoms with van der Waals surface area (Å²) in [7, 11) is 0. The number of imidazole rings is 1. The van der Waals surface area contributed by atoms with Gasteiger partial charge >= 0.3 is 0 Å². The number of hydrogen-bond donors (Lipinski definition) is 0. The molecule has 0 N–H and O–H groups in total. The molecule has 0 aliphatic rings. The zero-order chi connectivity index (χ0) is 15.7. The molecule has 114 valence electrons. The SMILES string of the molecule is C(=Cc1ccccc1)Cc1nccn1CC=Cc1ccccc1. The van der Waals surface area contributed by atoms with Crippen LogP contribution < -0.4 is 0 Å². The van der Waals surface area contributed by atoms with Gasteiger partial charge in [0, 0.05) is 25.4 Å². The second-order valence-corrected chi connectivity index (χ2v) is 5.33. The molecule has 0 radical (unpaired) electrons. The fourth-order valence-electron chi connectivity index (χ4n) is 2.43. The molecule has 2 nitrogen and oxygen atoms in total. The lowest BCUT2D eigenvalue weighted by Gasteiger charge is -2.02. The summed E-state index contributed by atoms with van der Waals surface area (Å²) in [6.45, 7) is 0.837. The molecule has 0 aliphatic carbocycles. The van der Waals surface area contributed by atoms with Crippen molar-refractivity contribution in [2.24, 2.45) is 0 Å². The van der Waals surface area contributed by atoms with E-state index in [1.807, 2.05) is 24.5 Å². The van der Waals surface area contributed by atoms with Crippen molar-refractivity contribution in [1.82, 2.24) is 9.55 Å². The molecule has 0 saturated carbocycles. The third kappa shape index (κ3) is 4.55. The molecule has 0 fully saturated rings. The summed E-state index contributed by atoms with van der Waals surface area (Å²) in [5, 5.41) is 0. The van der Waals surface area contributed by atoms with Crippen molar-refractivity contribution >= 4 is 12.2 Å². The van der Waals surface area contributed by atoms with Gasteiger partial charge in [0.15, 0.2) is 0 Å². The van der Waals surface area contributed by atoms with Crippen molar-refractivity contribution in [1.29, 1.82) is 0 Å². The Morgan fingerprint density at radius 1 is 0.783 bits per heavy atom. The first-order valence-corrected chi connectivity index (χ1v) is 7.85. The standard InChI is InChI=1S/C21H20N2/c1-3-9-19(10-4-1)13-7-15-21-22-16-18-23(21)17-8-14-20-11-5-2-6-12-20/h1-14,16,18H,15,17H2. The predicted molar refractivity (Wildman–Crippen MR) is 96.9 cm³/mol. The molecule has 2 aromatic carbocycles. The van der Waals surface area contributed by atoms with Crippen molar-refractivity contribution in [2.75, 3.05) is 0 Å². The van der Waals surface area contributed by atoms with E-state index in [-0.39, 0.29) is 0 Å². The van der Waals surface area contributed by atoms with E-state index in [1.165, 1.54) is 11.1 Å². The van der Waals surface area contributed by atoms with Gasteiger partial charge in [0.1, 0.15) is 5.82 Å². The Balaban J connectivity index is 1.59. The van der Waals surface area contributed by atoms with Gasteiger partial charge in [-0.1, -0.05) is 85.0 Å². The second-order valence-electron chi connectivity index (χ2n) is 5.33. The maximum absolute atomic E-state index is 4.45. The monoisotopic (exact) mass is 300 g/mol. The third-order valence-electron chi connectivity index (χ3n) is 3.62. The highest BCUT2D eigenvalue weighted by Gasteiger charge is 1.98. The number of nitrogens with zero attached hydrogens (tertiary/aromatic N) is 2. The first-order valence-electron chi connectivity index (χ1n) is 7.85. The van der Waals surface area contributed by atoms with Gasteiger partial charge in [-0.2, -0.15) is 0 Å². The highest BCUT2D eigenvalue weighted by Crippen LogP contribution is 2.06. The molecule has 0 atom stereocenters. The topological polar surface area (TPSA) is 17.8 Å². The van der Waals surface area contributed by atoms with Gasteiger partial charge < -0.3 is 4.57 Å². The minimum absolute atomic E-state index is 0.834.